The van der Waals surface area contributed by atoms with Gasteiger partial charge in [-0.3, -0.25) is 9.59 Å². The summed E-state index contributed by atoms with van der Waals surface area (Å²) in [5.41, 5.74) is 2.27. The minimum absolute atomic E-state index is 0.00360. The summed E-state index contributed by atoms with van der Waals surface area (Å²) in [6.45, 7) is 8.88. The van der Waals surface area contributed by atoms with Gasteiger partial charge in [-0.25, -0.2) is 4.79 Å². The van der Waals surface area contributed by atoms with Crippen molar-refractivity contribution in [3.05, 3.63) is 22.5 Å². The molecule has 0 atom stereocenters. The topological polar surface area (TPSA) is 77.8 Å². The van der Waals surface area contributed by atoms with Crippen molar-refractivity contribution in [3.63, 3.8) is 0 Å². The second kappa shape index (κ2) is 9.87. The Morgan fingerprint density at radius 3 is 2.36 bits per heavy atom. The summed E-state index contributed by atoms with van der Waals surface area (Å²) in [5.74, 6) is -0.544. The van der Waals surface area contributed by atoms with Crippen LogP contribution in [-0.2, 0) is 20.8 Å². The number of rotatable bonds is 10. The van der Waals surface area contributed by atoms with Crippen molar-refractivity contribution in [3.8, 4) is 0 Å². The summed E-state index contributed by atoms with van der Waals surface area (Å²) < 4.78 is 12.1. The van der Waals surface area contributed by atoms with Gasteiger partial charge in [0.05, 0.1) is 19.8 Å². The van der Waals surface area contributed by atoms with Gasteiger partial charge in [-0.1, -0.05) is 6.42 Å². The van der Waals surface area contributed by atoms with Crippen LogP contribution in [0.2, 0.25) is 0 Å². The predicted molar refractivity (Wildman–Crippen MR) is 106 cm³/mol. The molecule has 0 N–H and O–H groups in total. The van der Waals surface area contributed by atoms with Gasteiger partial charge in [-0.2, -0.15) is 0 Å². The molecule has 1 fully saturated rings. The Kier molecular flexibility index (Phi) is 7.80. The van der Waals surface area contributed by atoms with Crippen LogP contribution < -0.4 is 0 Å². The van der Waals surface area contributed by atoms with Gasteiger partial charge < -0.3 is 18.9 Å². The maximum atomic E-state index is 13.2. The number of nitrogens with zero attached hydrogens (tertiary/aromatic N) is 2. The number of ketones is 1. The SMILES string of the molecule is CCOC(=O)c1c(C)c(C(=O)CN(CCOC)C(=O)C2CCC2)c(C)n1CC. The van der Waals surface area contributed by atoms with Gasteiger partial charge in [-0.15, -0.1) is 0 Å². The second-order valence-corrected chi connectivity index (χ2v) is 7.20. The largest absolute Gasteiger partial charge is 0.461 e. The third kappa shape index (κ3) is 4.46. The predicted octanol–water partition coefficient (Wildman–Crippen LogP) is 2.76. The lowest BCUT2D eigenvalue weighted by Crippen LogP contribution is -2.43. The molecule has 0 bridgehead atoms. The molecule has 2 rings (SSSR count). The molecule has 28 heavy (non-hydrogen) atoms. The number of aromatic nitrogens is 1. The Labute approximate surface area is 167 Å². The number of esters is 1. The normalized spacial score (nSPS) is 13.9. The minimum atomic E-state index is -0.425. The highest BCUT2D eigenvalue weighted by Crippen LogP contribution is 2.29. The van der Waals surface area contributed by atoms with Crippen molar-refractivity contribution in [1.82, 2.24) is 9.47 Å². The third-order valence-corrected chi connectivity index (χ3v) is 5.50. The Balaban J connectivity index is 2.30. The summed E-state index contributed by atoms with van der Waals surface area (Å²) in [5, 5.41) is 0. The van der Waals surface area contributed by atoms with Gasteiger partial charge in [0.2, 0.25) is 5.91 Å². The van der Waals surface area contributed by atoms with Crippen molar-refractivity contribution >= 4 is 17.7 Å². The monoisotopic (exact) mass is 392 g/mol. The minimum Gasteiger partial charge on any atom is -0.461 e. The molecule has 0 radical (unpaired) electrons. The maximum absolute atomic E-state index is 13.2. The van der Waals surface area contributed by atoms with Crippen molar-refractivity contribution in [1.29, 1.82) is 0 Å². The van der Waals surface area contributed by atoms with E-state index in [0.29, 0.717) is 36.5 Å². The van der Waals surface area contributed by atoms with E-state index < -0.39 is 5.97 Å². The molecule has 1 aliphatic carbocycles. The third-order valence-electron chi connectivity index (χ3n) is 5.50. The average Bonchev–Trinajstić information content (AvgIpc) is 2.86. The molecule has 1 saturated carbocycles. The molecular formula is C21H32N2O5. The highest BCUT2D eigenvalue weighted by molar-refractivity contribution is 6.04. The van der Waals surface area contributed by atoms with Crippen LogP contribution in [0.5, 0.6) is 0 Å². The van der Waals surface area contributed by atoms with Crippen molar-refractivity contribution in [2.24, 2.45) is 5.92 Å². The first-order valence-electron chi connectivity index (χ1n) is 10.0. The van der Waals surface area contributed by atoms with Gasteiger partial charge in [0, 0.05) is 37.4 Å². The zero-order valence-electron chi connectivity index (χ0n) is 17.7. The van der Waals surface area contributed by atoms with E-state index in [9.17, 15) is 14.4 Å². The molecule has 0 saturated heterocycles. The summed E-state index contributed by atoms with van der Waals surface area (Å²) in [6.07, 6.45) is 2.82. The first kappa shape index (κ1) is 22.1. The number of ether oxygens (including phenoxy) is 2. The molecular weight excluding hydrogens is 360 g/mol. The summed E-state index contributed by atoms with van der Waals surface area (Å²) in [4.78, 5) is 39.9. The van der Waals surface area contributed by atoms with E-state index in [1.165, 1.54) is 0 Å². The number of methoxy groups -OCH3 is 1. The smallest absolute Gasteiger partial charge is 0.355 e. The Morgan fingerprint density at radius 2 is 1.86 bits per heavy atom. The first-order chi connectivity index (χ1) is 13.4. The maximum Gasteiger partial charge on any atom is 0.355 e. The Hall–Kier alpha value is -2.15. The molecule has 7 nitrogen and oxygen atoms in total. The van der Waals surface area contributed by atoms with Crippen LogP contribution in [0.25, 0.3) is 0 Å². The summed E-state index contributed by atoms with van der Waals surface area (Å²) in [7, 11) is 1.58. The van der Waals surface area contributed by atoms with Crippen LogP contribution in [0, 0.1) is 19.8 Å². The molecule has 1 heterocycles. The van der Waals surface area contributed by atoms with Gasteiger partial charge in [0.1, 0.15) is 5.69 Å². The lowest BCUT2D eigenvalue weighted by molar-refractivity contribution is -0.138. The number of carbonyl (C=O) groups is 3. The molecule has 1 aromatic rings. The van der Waals surface area contributed by atoms with Crippen LogP contribution in [-0.4, -0.2) is 60.5 Å². The number of carbonyl (C=O) groups excluding carboxylic acids is 3. The lowest BCUT2D eigenvalue weighted by Gasteiger charge is -2.31. The zero-order chi connectivity index (χ0) is 20.8. The molecule has 0 unspecified atom stereocenters. The second-order valence-electron chi connectivity index (χ2n) is 7.20. The van der Waals surface area contributed by atoms with E-state index in [-0.39, 0.29) is 30.8 Å². The summed E-state index contributed by atoms with van der Waals surface area (Å²) >= 11 is 0. The van der Waals surface area contributed by atoms with Crippen molar-refractivity contribution in [2.75, 3.05) is 33.4 Å². The van der Waals surface area contributed by atoms with Gasteiger partial charge >= 0.3 is 5.97 Å². The fourth-order valence-corrected chi connectivity index (χ4v) is 3.80. The standard InChI is InChI=1S/C21H32N2O5/c1-6-23-15(4)18(14(3)19(23)21(26)28-7-2)17(24)13-22(11-12-27-5)20(25)16-9-8-10-16/h16H,6-13H2,1-5H3. The van der Waals surface area contributed by atoms with E-state index in [4.69, 9.17) is 9.47 Å². The van der Waals surface area contributed by atoms with E-state index >= 15 is 0 Å². The first-order valence-corrected chi connectivity index (χ1v) is 10.0. The van der Waals surface area contributed by atoms with Crippen LogP contribution in [0.15, 0.2) is 0 Å². The molecule has 0 spiro atoms. The quantitative estimate of drug-likeness (QED) is 0.452. The van der Waals surface area contributed by atoms with Gasteiger partial charge in [0.25, 0.3) is 0 Å². The molecule has 7 heteroatoms. The molecule has 156 valence electrons. The molecule has 0 aliphatic heterocycles. The van der Waals surface area contributed by atoms with Crippen LogP contribution in [0.1, 0.15) is 65.2 Å². The molecule has 0 aromatic carbocycles. The zero-order valence-corrected chi connectivity index (χ0v) is 17.7. The fraction of sp³-hybridized carbons (Fsp3) is 0.667. The fourth-order valence-electron chi connectivity index (χ4n) is 3.80. The number of hydrogen-bond donors (Lipinski definition) is 0. The Bertz CT molecular complexity index is 734. The van der Waals surface area contributed by atoms with E-state index in [1.807, 2.05) is 18.4 Å². The Morgan fingerprint density at radius 1 is 1.18 bits per heavy atom. The van der Waals surface area contributed by atoms with Crippen LogP contribution in [0.3, 0.4) is 0 Å². The van der Waals surface area contributed by atoms with Crippen LogP contribution >= 0.6 is 0 Å². The molecule has 1 amide bonds. The van der Waals surface area contributed by atoms with Crippen molar-refractivity contribution < 1.29 is 23.9 Å². The number of hydrogen-bond acceptors (Lipinski definition) is 5. The van der Waals surface area contributed by atoms with E-state index in [1.54, 1.807) is 25.9 Å². The van der Waals surface area contributed by atoms with Gasteiger partial charge in [0.15, 0.2) is 5.78 Å². The highest BCUT2D eigenvalue weighted by Gasteiger charge is 2.32. The van der Waals surface area contributed by atoms with E-state index in [0.717, 1.165) is 25.0 Å². The van der Waals surface area contributed by atoms with Gasteiger partial charge in [-0.05, 0) is 46.1 Å². The molecule has 1 aliphatic rings. The lowest BCUT2D eigenvalue weighted by atomic mass is 9.84. The molecule has 1 aromatic heterocycles. The summed E-state index contributed by atoms with van der Waals surface area (Å²) in [6, 6.07) is 0. The number of Topliss-reactive ketones (excluding diaryl/α,β-unsaturated/α-hetero) is 1. The average molecular weight is 392 g/mol. The van der Waals surface area contributed by atoms with E-state index in [2.05, 4.69) is 0 Å². The van der Waals surface area contributed by atoms with Crippen LogP contribution in [0.4, 0.5) is 0 Å². The highest BCUT2D eigenvalue weighted by atomic mass is 16.5. The van der Waals surface area contributed by atoms with Crippen molar-refractivity contribution in [2.45, 2.75) is 53.5 Å². The number of amides is 1.